The van der Waals surface area contributed by atoms with Crippen LogP contribution in [0.5, 0.6) is 0 Å². The number of nitrogens with zero attached hydrogens (tertiary/aromatic N) is 1. The van der Waals surface area contributed by atoms with Crippen LogP contribution in [-0.4, -0.2) is 9.90 Å². The van der Waals surface area contributed by atoms with E-state index in [4.69, 9.17) is 0 Å². The van der Waals surface area contributed by atoms with Crippen molar-refractivity contribution in [2.45, 2.75) is 20.4 Å². The normalized spacial score (nSPS) is 13.2. The highest BCUT2D eigenvalue weighted by Gasteiger charge is 2.06. The maximum Gasteiger partial charge on any atom is 0.307 e. The van der Waals surface area contributed by atoms with Crippen molar-refractivity contribution in [2.24, 2.45) is 5.92 Å². The largest absolute Gasteiger partial charge is 0.307 e. The molecule has 0 bridgehead atoms. The average Bonchev–Trinajstić information content (AvgIpc) is 2.35. The zero-order valence-corrected chi connectivity index (χ0v) is 9.61. The maximum atomic E-state index is 11.3. The molecule has 1 aromatic rings. The number of thiazole rings is 1. The molecule has 1 aromatic heterocycles. The van der Waals surface area contributed by atoms with E-state index in [9.17, 15) is 4.79 Å². The summed E-state index contributed by atoms with van der Waals surface area (Å²) >= 11 is 4.67. The number of aromatic nitrogens is 1. The fraction of sp³-hybridized carbons (Fsp3) is 0.625. The van der Waals surface area contributed by atoms with E-state index in [1.807, 2.05) is 16.9 Å². The summed E-state index contributed by atoms with van der Waals surface area (Å²) in [5.41, 5.74) is 1.07. The maximum absolute atomic E-state index is 11.3. The quantitative estimate of drug-likeness (QED) is 0.754. The van der Waals surface area contributed by atoms with Crippen molar-refractivity contribution in [1.29, 1.82) is 0 Å². The fourth-order valence-corrected chi connectivity index (χ4v) is 1.94. The van der Waals surface area contributed by atoms with Gasteiger partial charge in [-0.15, -0.1) is 0 Å². The van der Waals surface area contributed by atoms with Gasteiger partial charge in [-0.05, 0) is 12.8 Å². The third-order valence-corrected chi connectivity index (χ3v) is 3.72. The SMILES string of the molecule is Cc1csc(=O)n1CC(C)CBr. The lowest BCUT2D eigenvalue weighted by atomic mass is 10.2. The molecular formula is C8H12BrNOS. The van der Waals surface area contributed by atoms with Gasteiger partial charge in [0.25, 0.3) is 0 Å². The Morgan fingerprint density at radius 1 is 1.75 bits per heavy atom. The average molecular weight is 250 g/mol. The van der Waals surface area contributed by atoms with Gasteiger partial charge in [0.1, 0.15) is 0 Å². The highest BCUT2D eigenvalue weighted by molar-refractivity contribution is 9.09. The van der Waals surface area contributed by atoms with E-state index >= 15 is 0 Å². The number of alkyl halides is 1. The molecule has 0 amide bonds. The lowest BCUT2D eigenvalue weighted by Crippen LogP contribution is -2.19. The van der Waals surface area contributed by atoms with Gasteiger partial charge in [-0.2, -0.15) is 0 Å². The van der Waals surface area contributed by atoms with Crippen molar-refractivity contribution in [3.05, 3.63) is 20.7 Å². The fourth-order valence-electron chi connectivity index (χ4n) is 0.986. The van der Waals surface area contributed by atoms with Gasteiger partial charge in [0.15, 0.2) is 0 Å². The second-order valence-corrected chi connectivity index (χ2v) is 4.48. The molecule has 0 radical (unpaired) electrons. The minimum absolute atomic E-state index is 0.153. The van der Waals surface area contributed by atoms with Gasteiger partial charge >= 0.3 is 4.87 Å². The summed E-state index contributed by atoms with van der Waals surface area (Å²) in [4.78, 5) is 11.4. The molecule has 2 nitrogen and oxygen atoms in total. The molecule has 0 saturated heterocycles. The van der Waals surface area contributed by atoms with Crippen molar-refractivity contribution in [3.63, 3.8) is 0 Å². The molecule has 68 valence electrons. The van der Waals surface area contributed by atoms with E-state index in [0.29, 0.717) is 5.92 Å². The van der Waals surface area contributed by atoms with Crippen molar-refractivity contribution in [1.82, 2.24) is 4.57 Å². The Kier molecular flexibility index (Phi) is 3.53. The van der Waals surface area contributed by atoms with E-state index in [1.54, 1.807) is 0 Å². The van der Waals surface area contributed by atoms with Crippen LogP contribution in [0.4, 0.5) is 0 Å². The number of aryl methyl sites for hydroxylation is 1. The Morgan fingerprint density at radius 2 is 2.42 bits per heavy atom. The van der Waals surface area contributed by atoms with Gasteiger partial charge < -0.3 is 4.57 Å². The standard InChI is InChI=1S/C8H12BrNOS/c1-6(3-9)4-10-7(2)5-12-8(10)11/h5-6H,3-4H2,1-2H3. The Hall–Kier alpha value is -0.0900. The third-order valence-electron chi connectivity index (χ3n) is 1.73. The van der Waals surface area contributed by atoms with Crippen molar-refractivity contribution < 1.29 is 0 Å². The molecule has 0 fully saturated rings. The highest BCUT2D eigenvalue weighted by Crippen LogP contribution is 2.06. The molecule has 1 unspecified atom stereocenters. The molecule has 0 aromatic carbocycles. The van der Waals surface area contributed by atoms with Crippen molar-refractivity contribution in [3.8, 4) is 0 Å². The molecule has 0 aliphatic carbocycles. The zero-order chi connectivity index (χ0) is 9.14. The molecule has 0 N–H and O–H groups in total. The van der Waals surface area contributed by atoms with Gasteiger partial charge in [-0.1, -0.05) is 34.2 Å². The van der Waals surface area contributed by atoms with Crippen LogP contribution in [0, 0.1) is 12.8 Å². The first-order valence-corrected chi connectivity index (χ1v) is 5.86. The number of halogens is 1. The van der Waals surface area contributed by atoms with Gasteiger partial charge in [-0.25, -0.2) is 0 Å². The summed E-state index contributed by atoms with van der Waals surface area (Å²) in [6.45, 7) is 4.91. The van der Waals surface area contributed by atoms with Crippen LogP contribution in [0.3, 0.4) is 0 Å². The van der Waals surface area contributed by atoms with E-state index in [0.717, 1.165) is 17.6 Å². The first kappa shape index (κ1) is 9.99. The number of hydrogen-bond acceptors (Lipinski definition) is 2. The summed E-state index contributed by atoms with van der Waals surface area (Å²) < 4.78 is 1.83. The molecule has 1 heterocycles. The predicted octanol–water partition coefficient (Wildman–Crippen LogP) is 2.25. The highest BCUT2D eigenvalue weighted by atomic mass is 79.9. The van der Waals surface area contributed by atoms with Crippen molar-refractivity contribution in [2.75, 3.05) is 5.33 Å². The Morgan fingerprint density at radius 3 is 2.83 bits per heavy atom. The first-order chi connectivity index (χ1) is 5.65. The van der Waals surface area contributed by atoms with Gasteiger partial charge in [0.05, 0.1) is 0 Å². The molecule has 0 saturated carbocycles. The molecule has 1 rings (SSSR count). The van der Waals surface area contributed by atoms with E-state index in [1.165, 1.54) is 11.3 Å². The topological polar surface area (TPSA) is 22.0 Å². The van der Waals surface area contributed by atoms with Crippen LogP contribution in [0.2, 0.25) is 0 Å². The Balaban J connectivity index is 2.81. The van der Waals surface area contributed by atoms with Crippen LogP contribution < -0.4 is 4.87 Å². The molecule has 0 spiro atoms. The first-order valence-electron chi connectivity index (χ1n) is 3.86. The Labute approximate surface area is 84.4 Å². The van der Waals surface area contributed by atoms with Crippen LogP contribution in [0.1, 0.15) is 12.6 Å². The summed E-state index contributed by atoms with van der Waals surface area (Å²) in [5, 5.41) is 2.85. The van der Waals surface area contributed by atoms with Crippen LogP contribution in [-0.2, 0) is 6.54 Å². The summed E-state index contributed by atoms with van der Waals surface area (Å²) in [6, 6.07) is 0. The summed E-state index contributed by atoms with van der Waals surface area (Å²) in [5.74, 6) is 0.510. The molecule has 1 atom stereocenters. The van der Waals surface area contributed by atoms with E-state index < -0.39 is 0 Å². The molecule has 12 heavy (non-hydrogen) atoms. The second kappa shape index (κ2) is 4.23. The van der Waals surface area contributed by atoms with E-state index in [2.05, 4.69) is 22.9 Å². The second-order valence-electron chi connectivity index (χ2n) is 3.01. The van der Waals surface area contributed by atoms with Crippen LogP contribution in [0.15, 0.2) is 10.2 Å². The lowest BCUT2D eigenvalue weighted by Gasteiger charge is -2.08. The molecular weight excluding hydrogens is 238 g/mol. The third kappa shape index (κ3) is 2.20. The van der Waals surface area contributed by atoms with Gasteiger partial charge in [-0.3, -0.25) is 4.79 Å². The predicted molar refractivity (Wildman–Crippen MR) is 56.3 cm³/mol. The smallest absolute Gasteiger partial charge is 0.303 e. The Bertz CT molecular complexity index is 304. The van der Waals surface area contributed by atoms with Crippen LogP contribution >= 0.6 is 27.3 Å². The van der Waals surface area contributed by atoms with Crippen molar-refractivity contribution >= 4 is 27.3 Å². The van der Waals surface area contributed by atoms with Gasteiger partial charge in [0.2, 0.25) is 0 Å². The zero-order valence-electron chi connectivity index (χ0n) is 7.21. The monoisotopic (exact) mass is 249 g/mol. The van der Waals surface area contributed by atoms with Gasteiger partial charge in [0, 0.05) is 22.9 Å². The van der Waals surface area contributed by atoms with Crippen LogP contribution in [0.25, 0.3) is 0 Å². The lowest BCUT2D eigenvalue weighted by molar-refractivity contribution is 0.519. The molecule has 4 heteroatoms. The summed E-state index contributed by atoms with van der Waals surface area (Å²) in [7, 11) is 0. The molecule has 0 aliphatic rings. The van der Waals surface area contributed by atoms with E-state index in [-0.39, 0.29) is 4.87 Å². The minimum Gasteiger partial charge on any atom is -0.303 e. The molecule has 0 aliphatic heterocycles. The summed E-state index contributed by atoms with van der Waals surface area (Å²) in [6.07, 6.45) is 0. The number of rotatable bonds is 3. The minimum atomic E-state index is 0.153. The number of hydrogen-bond donors (Lipinski definition) is 0.